The first-order valence-corrected chi connectivity index (χ1v) is 8.08. The summed E-state index contributed by atoms with van der Waals surface area (Å²) >= 11 is 0. The Hall–Kier alpha value is -2.14. The van der Waals surface area contributed by atoms with E-state index >= 15 is 0 Å². The Kier molecular flexibility index (Phi) is 6.35. The largest absolute Gasteiger partial charge is 0.394 e. The van der Waals surface area contributed by atoms with Crippen LogP contribution in [0.15, 0.2) is 34.9 Å². The number of amides is 1. The fraction of sp³-hybridized carbons (Fsp3) is 0.444. The van der Waals surface area contributed by atoms with Crippen molar-refractivity contribution >= 4 is 5.91 Å². The average molecular weight is 316 g/mol. The summed E-state index contributed by atoms with van der Waals surface area (Å²) in [4.78, 5) is 12.3. The van der Waals surface area contributed by atoms with Crippen LogP contribution in [0.5, 0.6) is 0 Å². The van der Waals surface area contributed by atoms with Gasteiger partial charge < -0.3 is 14.9 Å². The van der Waals surface area contributed by atoms with Crippen molar-refractivity contribution in [2.24, 2.45) is 0 Å². The molecule has 0 spiro atoms. The molecule has 0 radical (unpaired) electrons. The summed E-state index contributed by atoms with van der Waals surface area (Å²) in [6.45, 7) is 3.88. The number of rotatable bonds is 8. The fourth-order valence-electron chi connectivity index (χ4n) is 2.64. The lowest BCUT2D eigenvalue weighted by Crippen LogP contribution is -2.40. The molecule has 2 rings (SSSR count). The van der Waals surface area contributed by atoms with E-state index in [1.165, 1.54) is 0 Å². The number of hydrogen-bond donors (Lipinski definition) is 2. The van der Waals surface area contributed by atoms with Crippen molar-refractivity contribution in [2.75, 3.05) is 6.61 Å². The number of aryl methyl sites for hydroxylation is 2. The zero-order valence-corrected chi connectivity index (χ0v) is 13.7. The van der Waals surface area contributed by atoms with E-state index in [1.54, 1.807) is 0 Å². The van der Waals surface area contributed by atoms with Crippen LogP contribution >= 0.6 is 0 Å². The zero-order valence-electron chi connectivity index (χ0n) is 13.7. The van der Waals surface area contributed by atoms with Gasteiger partial charge in [0.25, 0.3) is 0 Å². The minimum absolute atomic E-state index is 0.0917. The summed E-state index contributed by atoms with van der Waals surface area (Å²) in [6.07, 6.45) is 2.29. The Morgan fingerprint density at radius 2 is 2.00 bits per heavy atom. The fourth-order valence-corrected chi connectivity index (χ4v) is 2.64. The maximum absolute atomic E-state index is 12.3. The molecular formula is C18H24N2O3. The number of carbonyl (C=O) groups is 1. The third kappa shape index (κ3) is 4.66. The Morgan fingerprint density at radius 3 is 2.61 bits per heavy atom. The third-order valence-electron chi connectivity index (χ3n) is 3.85. The first-order valence-electron chi connectivity index (χ1n) is 8.08. The highest BCUT2D eigenvalue weighted by Gasteiger charge is 2.19. The van der Waals surface area contributed by atoms with Gasteiger partial charge in [-0.2, -0.15) is 0 Å². The minimum atomic E-state index is -0.292. The van der Waals surface area contributed by atoms with E-state index in [9.17, 15) is 9.90 Å². The normalized spacial score (nSPS) is 12.1. The van der Waals surface area contributed by atoms with Gasteiger partial charge in [0.05, 0.1) is 24.8 Å². The minimum Gasteiger partial charge on any atom is -0.394 e. The number of aromatic nitrogens is 1. The van der Waals surface area contributed by atoms with Gasteiger partial charge in [-0.1, -0.05) is 49.3 Å². The van der Waals surface area contributed by atoms with E-state index < -0.39 is 0 Å². The monoisotopic (exact) mass is 316 g/mol. The van der Waals surface area contributed by atoms with E-state index in [-0.39, 0.29) is 25.0 Å². The summed E-state index contributed by atoms with van der Waals surface area (Å²) in [5.41, 5.74) is 2.80. The van der Waals surface area contributed by atoms with E-state index in [0.717, 1.165) is 29.0 Å². The molecule has 1 unspecified atom stereocenters. The molecule has 0 bridgehead atoms. The summed E-state index contributed by atoms with van der Waals surface area (Å²) < 4.78 is 5.28. The predicted molar refractivity (Wildman–Crippen MR) is 88.1 cm³/mol. The maximum atomic E-state index is 12.3. The molecule has 1 heterocycles. The SMILES string of the molecule is CCc1noc(CC)c1CC(=O)NC(CO)Cc1ccccc1. The van der Waals surface area contributed by atoms with Crippen molar-refractivity contribution in [2.45, 2.75) is 45.6 Å². The molecule has 1 atom stereocenters. The first-order chi connectivity index (χ1) is 11.2. The molecule has 5 heteroatoms. The number of aliphatic hydroxyl groups excluding tert-OH is 1. The quantitative estimate of drug-likeness (QED) is 0.782. The summed E-state index contributed by atoms with van der Waals surface area (Å²) in [5, 5.41) is 16.4. The van der Waals surface area contributed by atoms with Crippen LogP contribution < -0.4 is 5.32 Å². The van der Waals surface area contributed by atoms with Crippen LogP contribution in [0.1, 0.15) is 36.4 Å². The van der Waals surface area contributed by atoms with Gasteiger partial charge in [0.2, 0.25) is 5.91 Å². The number of nitrogens with one attached hydrogen (secondary N) is 1. The molecule has 1 aromatic heterocycles. The Balaban J connectivity index is 1.99. The molecule has 0 aliphatic carbocycles. The molecule has 0 saturated carbocycles. The number of nitrogens with zero attached hydrogens (tertiary/aromatic N) is 1. The Labute approximate surface area is 136 Å². The number of carbonyl (C=O) groups excluding carboxylic acids is 1. The molecule has 0 aliphatic rings. The van der Waals surface area contributed by atoms with E-state index in [1.807, 2.05) is 44.2 Å². The van der Waals surface area contributed by atoms with Crippen LogP contribution in [-0.2, 0) is 30.5 Å². The van der Waals surface area contributed by atoms with Crippen molar-refractivity contribution in [3.05, 3.63) is 52.9 Å². The van der Waals surface area contributed by atoms with Crippen LogP contribution in [0.4, 0.5) is 0 Å². The maximum Gasteiger partial charge on any atom is 0.224 e. The van der Waals surface area contributed by atoms with Crippen molar-refractivity contribution < 1.29 is 14.4 Å². The third-order valence-corrected chi connectivity index (χ3v) is 3.85. The van der Waals surface area contributed by atoms with Crippen LogP contribution in [0, 0.1) is 0 Å². The lowest BCUT2D eigenvalue weighted by molar-refractivity contribution is -0.121. The molecule has 1 aromatic carbocycles. The smallest absolute Gasteiger partial charge is 0.224 e. The second-order valence-electron chi connectivity index (χ2n) is 5.55. The molecule has 2 N–H and O–H groups in total. The molecule has 23 heavy (non-hydrogen) atoms. The van der Waals surface area contributed by atoms with Gasteiger partial charge >= 0.3 is 0 Å². The van der Waals surface area contributed by atoms with Gasteiger partial charge in [-0.15, -0.1) is 0 Å². The van der Waals surface area contributed by atoms with Gasteiger partial charge in [-0.25, -0.2) is 0 Å². The first kappa shape index (κ1) is 17.2. The highest BCUT2D eigenvalue weighted by atomic mass is 16.5. The molecule has 124 valence electrons. The second kappa shape index (κ2) is 8.48. The summed E-state index contributed by atoms with van der Waals surface area (Å²) in [5.74, 6) is 0.646. The van der Waals surface area contributed by atoms with Gasteiger partial charge in [-0.3, -0.25) is 4.79 Å². The lowest BCUT2D eigenvalue weighted by Gasteiger charge is -2.16. The van der Waals surface area contributed by atoms with Gasteiger partial charge in [0.1, 0.15) is 5.76 Å². The summed E-state index contributed by atoms with van der Waals surface area (Å²) in [6, 6.07) is 9.52. The van der Waals surface area contributed by atoms with Crippen molar-refractivity contribution in [3.63, 3.8) is 0 Å². The van der Waals surface area contributed by atoms with E-state index in [2.05, 4.69) is 10.5 Å². The van der Waals surface area contributed by atoms with Crippen molar-refractivity contribution in [1.82, 2.24) is 10.5 Å². The Morgan fingerprint density at radius 1 is 1.26 bits per heavy atom. The molecule has 2 aromatic rings. The van der Waals surface area contributed by atoms with Gasteiger partial charge in [0.15, 0.2) is 0 Å². The standard InChI is InChI=1S/C18H24N2O3/c1-3-16-15(17(4-2)23-20-16)11-18(22)19-14(12-21)10-13-8-6-5-7-9-13/h5-9,14,21H,3-4,10-12H2,1-2H3,(H,19,22). The van der Waals surface area contributed by atoms with Gasteiger partial charge in [0, 0.05) is 12.0 Å². The average Bonchev–Trinajstić information content (AvgIpc) is 2.96. The van der Waals surface area contributed by atoms with Crippen LogP contribution in [0.3, 0.4) is 0 Å². The predicted octanol–water partition coefficient (Wildman–Crippen LogP) is 2.06. The number of hydrogen-bond acceptors (Lipinski definition) is 4. The molecule has 1 amide bonds. The van der Waals surface area contributed by atoms with Crippen molar-refractivity contribution in [1.29, 1.82) is 0 Å². The van der Waals surface area contributed by atoms with Crippen LogP contribution in [0.2, 0.25) is 0 Å². The molecular weight excluding hydrogens is 292 g/mol. The van der Waals surface area contributed by atoms with Crippen LogP contribution in [0.25, 0.3) is 0 Å². The van der Waals surface area contributed by atoms with E-state index in [0.29, 0.717) is 12.8 Å². The molecule has 0 saturated heterocycles. The van der Waals surface area contributed by atoms with Gasteiger partial charge in [-0.05, 0) is 18.4 Å². The highest BCUT2D eigenvalue weighted by molar-refractivity contribution is 5.79. The lowest BCUT2D eigenvalue weighted by atomic mass is 10.0. The van der Waals surface area contributed by atoms with E-state index in [4.69, 9.17) is 4.52 Å². The van der Waals surface area contributed by atoms with Crippen molar-refractivity contribution in [3.8, 4) is 0 Å². The number of benzene rings is 1. The second-order valence-corrected chi connectivity index (χ2v) is 5.55. The molecule has 5 nitrogen and oxygen atoms in total. The summed E-state index contributed by atoms with van der Waals surface area (Å²) in [7, 11) is 0. The zero-order chi connectivity index (χ0) is 16.7. The van der Waals surface area contributed by atoms with Crippen LogP contribution in [-0.4, -0.2) is 28.8 Å². The number of aliphatic hydroxyl groups is 1. The topological polar surface area (TPSA) is 75.4 Å². The molecule has 0 fully saturated rings. The highest BCUT2D eigenvalue weighted by Crippen LogP contribution is 2.16. The molecule has 0 aliphatic heterocycles. The Bertz CT molecular complexity index is 601.